The number of para-hydroxylation sites is 2. The third-order valence-corrected chi connectivity index (χ3v) is 17.4. The van der Waals surface area contributed by atoms with Crippen LogP contribution in [0.2, 0.25) is 0 Å². The maximum Gasteiger partial charge on any atom is 0.252 e. The first-order valence-electron chi connectivity index (χ1n) is 22.6. The number of anilines is 6. The van der Waals surface area contributed by atoms with E-state index in [9.17, 15) is 0 Å². The van der Waals surface area contributed by atoms with Crippen LogP contribution in [0.3, 0.4) is 0 Å². The SMILES string of the molecule is c1ccc(N2c3ccccc3B3c4cc5c(cc4N(c4ccc6c(c4)[C@@]4(CC7CCC4C7)c4ccccc4-6)c4cccc2c43)[C@]2(C[C@@H]3CC[C@H]2C3)c2ccccc2-5)cc1. The van der Waals surface area contributed by atoms with E-state index in [4.69, 9.17) is 0 Å². The first-order chi connectivity index (χ1) is 29.2. The summed E-state index contributed by atoms with van der Waals surface area (Å²) >= 11 is 0. The average Bonchev–Trinajstić information content (AvgIpc) is 4.17. The Bertz CT molecular complexity index is 2990. The molecule has 4 saturated carbocycles. The number of nitrogens with zero attached hydrogens (tertiary/aromatic N) is 2. The van der Waals surface area contributed by atoms with Crippen molar-refractivity contribution in [3.8, 4) is 22.3 Å². The highest BCUT2D eigenvalue weighted by atomic mass is 15.2. The Kier molecular flexibility index (Phi) is 6.02. The zero-order valence-electron chi connectivity index (χ0n) is 33.4. The molecule has 4 fully saturated rings. The fourth-order valence-corrected chi connectivity index (χ4v) is 15.4. The molecule has 59 heavy (non-hydrogen) atoms. The Morgan fingerprint density at radius 1 is 0.407 bits per heavy atom. The van der Waals surface area contributed by atoms with Gasteiger partial charge in [0.2, 0.25) is 0 Å². The first-order valence-corrected chi connectivity index (χ1v) is 22.6. The maximum atomic E-state index is 2.74. The van der Waals surface area contributed by atoms with Gasteiger partial charge in [-0.2, -0.15) is 0 Å². The molecule has 0 aromatic heterocycles. The maximum absolute atomic E-state index is 2.74. The van der Waals surface area contributed by atoms with Gasteiger partial charge in [0.1, 0.15) is 0 Å². The molecule has 15 rings (SSSR count). The van der Waals surface area contributed by atoms with Crippen molar-refractivity contribution in [2.24, 2.45) is 23.7 Å². The van der Waals surface area contributed by atoms with Crippen LogP contribution in [-0.2, 0) is 10.8 Å². The van der Waals surface area contributed by atoms with Gasteiger partial charge < -0.3 is 9.80 Å². The number of hydrogen-bond acceptors (Lipinski definition) is 2. The van der Waals surface area contributed by atoms with Gasteiger partial charge >= 0.3 is 0 Å². The van der Waals surface area contributed by atoms with Crippen LogP contribution in [0, 0.1) is 23.7 Å². The Labute approximate surface area is 347 Å². The van der Waals surface area contributed by atoms with Gasteiger partial charge in [0.05, 0.1) is 0 Å². The van der Waals surface area contributed by atoms with E-state index in [0.29, 0.717) is 0 Å². The minimum absolute atomic E-state index is 0.110. The molecule has 0 amide bonds. The fraction of sp³-hybridized carbons (Fsp3) is 0.250. The average molecular weight is 757 g/mol. The topological polar surface area (TPSA) is 6.48 Å². The zero-order valence-corrected chi connectivity index (χ0v) is 33.4. The van der Waals surface area contributed by atoms with Gasteiger partial charge in [-0.15, -0.1) is 0 Å². The van der Waals surface area contributed by atoms with Crippen LogP contribution in [0.4, 0.5) is 34.1 Å². The number of benzene rings is 7. The summed E-state index contributed by atoms with van der Waals surface area (Å²) in [5.41, 5.74) is 24.6. The Morgan fingerprint density at radius 3 is 1.66 bits per heavy atom. The van der Waals surface area contributed by atoms with Crippen LogP contribution in [0.25, 0.3) is 22.3 Å². The Morgan fingerprint density at radius 2 is 0.983 bits per heavy atom. The third-order valence-electron chi connectivity index (χ3n) is 17.4. The van der Waals surface area contributed by atoms with Gasteiger partial charge in [-0.1, -0.05) is 116 Å². The number of fused-ring (bicyclic) bond motifs is 20. The predicted octanol–water partition coefficient (Wildman–Crippen LogP) is 11.9. The molecule has 6 aliphatic carbocycles. The van der Waals surface area contributed by atoms with E-state index in [0.717, 1.165) is 23.7 Å². The van der Waals surface area contributed by atoms with Crippen LogP contribution < -0.4 is 26.2 Å². The van der Waals surface area contributed by atoms with Crippen molar-refractivity contribution in [3.05, 3.63) is 174 Å². The highest BCUT2D eigenvalue weighted by Crippen LogP contribution is 2.68. The van der Waals surface area contributed by atoms with E-state index in [-0.39, 0.29) is 17.5 Å². The summed E-state index contributed by atoms with van der Waals surface area (Å²) in [7, 11) is 0. The molecule has 7 aromatic rings. The lowest BCUT2D eigenvalue weighted by Crippen LogP contribution is -2.61. The minimum atomic E-state index is 0.110. The summed E-state index contributed by atoms with van der Waals surface area (Å²) in [6.45, 7) is 0.119. The molecule has 4 bridgehead atoms. The number of hydrogen-bond donors (Lipinski definition) is 0. The molecular formula is C56H45BN2. The van der Waals surface area contributed by atoms with E-state index in [1.807, 2.05) is 0 Å². The summed E-state index contributed by atoms with van der Waals surface area (Å²) in [4.78, 5) is 5.26. The standard InChI is InChI=1S/C56H45BN2/c1-2-11-38(12-3-1)58-50-18-9-8-17-48(50)57-49-30-43-41-14-5-7-16-45(41)56(33-35-22-24-37(56)28-35)47(43)31-53(49)59(52-20-10-19-51(58)54(52)57)39-25-26-42-40-13-4-6-15-44(40)55(46(42)29-39)32-34-21-23-36(55)27-34/h1-20,25-26,29-31,34-37H,21-24,27-28,32-33H2/t34?,35-,36?,37+,55-,56+/m1/s1. The van der Waals surface area contributed by atoms with Crippen molar-refractivity contribution >= 4 is 57.2 Å². The van der Waals surface area contributed by atoms with Crippen LogP contribution in [-0.4, -0.2) is 6.71 Å². The lowest BCUT2D eigenvalue weighted by Gasteiger charge is -2.45. The number of rotatable bonds is 2. The van der Waals surface area contributed by atoms with Crippen molar-refractivity contribution in [1.82, 2.24) is 0 Å². The van der Waals surface area contributed by atoms with Crippen molar-refractivity contribution in [2.45, 2.75) is 62.2 Å². The lowest BCUT2D eigenvalue weighted by molar-refractivity contribution is 0.327. The van der Waals surface area contributed by atoms with E-state index < -0.39 is 0 Å². The van der Waals surface area contributed by atoms with Gasteiger partial charge in [-0.3, -0.25) is 0 Å². The van der Waals surface area contributed by atoms with E-state index in [1.165, 1.54) is 124 Å². The second-order valence-electron chi connectivity index (χ2n) is 19.6. The largest absolute Gasteiger partial charge is 0.311 e. The molecule has 0 N–H and O–H groups in total. The van der Waals surface area contributed by atoms with Crippen molar-refractivity contribution in [3.63, 3.8) is 0 Å². The molecule has 3 heteroatoms. The summed E-state index contributed by atoms with van der Waals surface area (Å²) in [6.07, 6.45) is 10.9. The molecule has 2 nitrogen and oxygen atoms in total. The minimum Gasteiger partial charge on any atom is -0.311 e. The molecule has 0 saturated heterocycles. The van der Waals surface area contributed by atoms with Gasteiger partial charge in [-0.05, 0) is 172 Å². The predicted molar refractivity (Wildman–Crippen MR) is 244 cm³/mol. The van der Waals surface area contributed by atoms with Gasteiger partial charge in [0, 0.05) is 45.0 Å². The molecule has 2 unspecified atom stereocenters. The highest BCUT2D eigenvalue weighted by Gasteiger charge is 2.59. The second-order valence-corrected chi connectivity index (χ2v) is 19.6. The zero-order chi connectivity index (χ0) is 38.2. The monoisotopic (exact) mass is 756 g/mol. The quantitative estimate of drug-likeness (QED) is 0.162. The van der Waals surface area contributed by atoms with Crippen molar-refractivity contribution in [2.75, 3.05) is 9.80 Å². The van der Waals surface area contributed by atoms with Crippen LogP contribution >= 0.6 is 0 Å². The molecule has 2 aliphatic heterocycles. The Balaban J connectivity index is 1.03. The molecule has 2 heterocycles. The molecule has 6 atom stereocenters. The summed E-state index contributed by atoms with van der Waals surface area (Å²) in [5, 5.41) is 0. The van der Waals surface area contributed by atoms with Crippen LogP contribution in [0.1, 0.15) is 73.6 Å². The van der Waals surface area contributed by atoms with Crippen LogP contribution in [0.15, 0.2) is 152 Å². The third kappa shape index (κ3) is 3.80. The summed E-state index contributed by atoms with van der Waals surface area (Å²) in [6, 6.07) is 59.6. The summed E-state index contributed by atoms with van der Waals surface area (Å²) < 4.78 is 0. The molecule has 7 aromatic carbocycles. The van der Waals surface area contributed by atoms with E-state index in [1.54, 1.807) is 22.3 Å². The molecule has 282 valence electrons. The molecule has 0 radical (unpaired) electrons. The van der Waals surface area contributed by atoms with Crippen molar-refractivity contribution in [1.29, 1.82) is 0 Å². The second kappa shape index (κ2) is 11.1. The van der Waals surface area contributed by atoms with Gasteiger partial charge in [-0.25, -0.2) is 0 Å². The summed E-state index contributed by atoms with van der Waals surface area (Å²) in [5.74, 6) is 3.12. The highest BCUT2D eigenvalue weighted by molar-refractivity contribution is 7.00. The van der Waals surface area contributed by atoms with E-state index >= 15 is 0 Å². The fourth-order valence-electron chi connectivity index (χ4n) is 15.4. The molecular weight excluding hydrogens is 711 g/mol. The normalized spacial score (nSPS) is 27.5. The van der Waals surface area contributed by atoms with Crippen molar-refractivity contribution < 1.29 is 0 Å². The lowest BCUT2D eigenvalue weighted by atomic mass is 9.33. The molecule has 8 aliphatic rings. The first kappa shape index (κ1) is 32.1. The van der Waals surface area contributed by atoms with Gasteiger partial charge in [0.15, 0.2) is 0 Å². The van der Waals surface area contributed by atoms with Gasteiger partial charge in [0.25, 0.3) is 6.71 Å². The Hall–Kier alpha value is -5.80. The smallest absolute Gasteiger partial charge is 0.252 e. The van der Waals surface area contributed by atoms with E-state index in [2.05, 4.69) is 161 Å². The van der Waals surface area contributed by atoms with Crippen LogP contribution in [0.5, 0.6) is 0 Å². The molecule has 2 spiro atoms.